The van der Waals surface area contributed by atoms with Gasteiger partial charge in [-0.3, -0.25) is 28.8 Å². The molecular weight excluding hydrogens is 502 g/mol. The summed E-state index contributed by atoms with van der Waals surface area (Å²) in [5.74, 6) is -3.01. The van der Waals surface area contributed by atoms with Gasteiger partial charge in [0.1, 0.15) is 18.1 Å². The molecule has 0 aliphatic rings. The van der Waals surface area contributed by atoms with Gasteiger partial charge in [-0.25, -0.2) is 0 Å². The quantitative estimate of drug-likeness (QED) is 0.0799. The highest BCUT2D eigenvalue weighted by Gasteiger charge is 2.28. The Balaban J connectivity index is 5.35. The number of nitrogens with one attached hydrogen (secondary N) is 6. The zero-order chi connectivity index (χ0) is 28.4. The number of carbonyl (C=O) groups excluding carboxylic acids is 6. The molecule has 14 heteroatoms. The molecule has 0 aromatic heterocycles. The van der Waals surface area contributed by atoms with Crippen LogP contribution >= 0.6 is 12.2 Å². The lowest BCUT2D eigenvalue weighted by molar-refractivity contribution is -0.133. The fourth-order valence-corrected chi connectivity index (χ4v) is 3.37. The van der Waals surface area contributed by atoms with E-state index >= 15 is 0 Å². The summed E-state index contributed by atoms with van der Waals surface area (Å²) in [5, 5.41) is 15.8. The van der Waals surface area contributed by atoms with E-state index < -0.39 is 47.7 Å². The van der Waals surface area contributed by atoms with Crippen molar-refractivity contribution >= 4 is 52.6 Å². The Morgan fingerprint density at radius 2 is 1.08 bits per heavy atom. The Hall–Kier alpha value is -3.29. The van der Waals surface area contributed by atoms with E-state index in [0.717, 1.165) is 0 Å². The lowest BCUT2D eigenvalue weighted by atomic mass is 10.0. The number of carbonyl (C=O) groups is 6. The van der Waals surface area contributed by atoms with Crippen LogP contribution in [-0.4, -0.2) is 78.2 Å². The van der Waals surface area contributed by atoms with Gasteiger partial charge in [-0.15, -0.1) is 0 Å². The van der Waals surface area contributed by atoms with Crippen molar-refractivity contribution in [3.8, 4) is 0 Å². The molecule has 0 aliphatic heterocycles. The van der Waals surface area contributed by atoms with Crippen molar-refractivity contribution in [3.05, 3.63) is 0 Å². The summed E-state index contributed by atoms with van der Waals surface area (Å²) in [5.41, 5.74) is 5.36. The van der Waals surface area contributed by atoms with E-state index in [-0.39, 0.29) is 18.9 Å². The Bertz CT molecular complexity index is 823. The molecule has 0 bridgehead atoms. The minimum atomic E-state index is -1.17. The average Bonchev–Trinajstić information content (AvgIpc) is 2.78. The molecule has 0 aromatic rings. The number of unbranched alkanes of at least 4 members (excludes halogenated alkanes) is 2. The van der Waals surface area contributed by atoms with Crippen LogP contribution in [0.3, 0.4) is 0 Å². The summed E-state index contributed by atoms with van der Waals surface area (Å²) in [7, 11) is 0. The lowest BCUT2D eigenvalue weighted by Crippen LogP contribution is -2.58. The average molecular weight is 544 g/mol. The molecule has 0 saturated carbocycles. The van der Waals surface area contributed by atoms with Gasteiger partial charge in [0.2, 0.25) is 35.4 Å². The second-order valence-corrected chi connectivity index (χ2v) is 9.28. The van der Waals surface area contributed by atoms with E-state index in [2.05, 4.69) is 31.9 Å². The van der Waals surface area contributed by atoms with Crippen molar-refractivity contribution in [2.45, 2.75) is 84.3 Å². The molecule has 8 N–H and O–H groups in total. The van der Waals surface area contributed by atoms with Crippen LogP contribution in [-0.2, 0) is 28.8 Å². The molecule has 0 aromatic carbocycles. The highest BCUT2D eigenvalue weighted by molar-refractivity contribution is 7.80. The highest BCUT2D eigenvalue weighted by atomic mass is 32.1. The first-order valence-electron chi connectivity index (χ1n) is 12.2. The first kappa shape index (κ1) is 33.7. The van der Waals surface area contributed by atoms with Crippen LogP contribution < -0.4 is 37.6 Å². The van der Waals surface area contributed by atoms with Crippen LogP contribution in [0, 0.1) is 0 Å². The molecule has 0 heterocycles. The predicted octanol–water partition coefficient (Wildman–Crippen LogP) is -1.50. The van der Waals surface area contributed by atoms with E-state index in [9.17, 15) is 28.8 Å². The molecular formula is C23H41N7O6S. The Morgan fingerprint density at radius 3 is 1.51 bits per heavy atom. The van der Waals surface area contributed by atoms with Crippen molar-refractivity contribution < 1.29 is 28.8 Å². The summed E-state index contributed by atoms with van der Waals surface area (Å²) in [6, 6.07) is -3.08. The van der Waals surface area contributed by atoms with E-state index in [4.69, 9.17) is 18.0 Å². The second-order valence-electron chi connectivity index (χ2n) is 8.67. The third-order valence-corrected chi connectivity index (χ3v) is 5.27. The fraction of sp³-hybridized carbons (Fsp3) is 0.696. The van der Waals surface area contributed by atoms with Gasteiger partial charge < -0.3 is 37.6 Å². The van der Waals surface area contributed by atoms with Gasteiger partial charge in [0.25, 0.3) is 0 Å². The van der Waals surface area contributed by atoms with Crippen LogP contribution in [0.5, 0.6) is 0 Å². The van der Waals surface area contributed by atoms with Gasteiger partial charge in [0.15, 0.2) is 0 Å². The van der Waals surface area contributed by atoms with Gasteiger partial charge in [-0.05, 0) is 45.4 Å². The molecule has 210 valence electrons. The molecule has 3 atom stereocenters. The zero-order valence-electron chi connectivity index (χ0n) is 22.0. The maximum atomic E-state index is 13.0. The maximum absolute atomic E-state index is 13.0. The van der Waals surface area contributed by atoms with Gasteiger partial charge in [0.05, 0.1) is 4.99 Å². The minimum Gasteiger partial charge on any atom is -0.380 e. The number of amides is 6. The Kier molecular flexibility index (Phi) is 17.2. The third-order valence-electron chi connectivity index (χ3n) is 5.13. The molecule has 0 saturated heterocycles. The molecule has 0 radical (unpaired) electrons. The molecule has 6 amide bonds. The topological polar surface area (TPSA) is 201 Å². The van der Waals surface area contributed by atoms with Crippen molar-refractivity contribution in [1.82, 2.24) is 31.9 Å². The first-order valence-corrected chi connectivity index (χ1v) is 12.6. The Labute approximate surface area is 223 Å². The van der Waals surface area contributed by atoms with E-state index in [1.54, 1.807) is 6.92 Å². The van der Waals surface area contributed by atoms with Crippen LogP contribution in [0.1, 0.15) is 66.2 Å². The summed E-state index contributed by atoms with van der Waals surface area (Å²) < 4.78 is 0. The van der Waals surface area contributed by atoms with Gasteiger partial charge in [-0.1, -0.05) is 12.2 Å². The third kappa shape index (κ3) is 17.7. The molecule has 0 fully saturated rings. The van der Waals surface area contributed by atoms with Crippen molar-refractivity contribution in [1.29, 1.82) is 0 Å². The van der Waals surface area contributed by atoms with Crippen molar-refractivity contribution in [3.63, 3.8) is 0 Å². The SMILES string of the molecule is CC(=O)NCCCC[C@H](NC(C)=O)C(=O)N[C@@H](CCCCNC(C)=S)C(=O)N[C@@H](CNC(C)=O)C(N)=O. The predicted molar refractivity (Wildman–Crippen MR) is 142 cm³/mol. The molecule has 0 unspecified atom stereocenters. The zero-order valence-corrected chi connectivity index (χ0v) is 22.8. The fourth-order valence-electron chi connectivity index (χ4n) is 3.27. The van der Waals surface area contributed by atoms with E-state index in [0.29, 0.717) is 50.2 Å². The number of hydrogen-bond acceptors (Lipinski definition) is 7. The van der Waals surface area contributed by atoms with E-state index in [1.165, 1.54) is 20.8 Å². The monoisotopic (exact) mass is 543 g/mol. The van der Waals surface area contributed by atoms with Gasteiger partial charge >= 0.3 is 0 Å². The van der Waals surface area contributed by atoms with Crippen molar-refractivity contribution in [2.75, 3.05) is 19.6 Å². The van der Waals surface area contributed by atoms with E-state index in [1.807, 2.05) is 0 Å². The summed E-state index contributed by atoms with van der Waals surface area (Å²) in [6.45, 7) is 6.54. The molecule has 37 heavy (non-hydrogen) atoms. The summed E-state index contributed by atoms with van der Waals surface area (Å²) in [4.78, 5) is 72.3. The Morgan fingerprint density at radius 1 is 0.622 bits per heavy atom. The van der Waals surface area contributed by atoms with Crippen LogP contribution in [0.4, 0.5) is 0 Å². The number of hydrogen-bond donors (Lipinski definition) is 7. The van der Waals surface area contributed by atoms with Gasteiger partial charge in [-0.2, -0.15) is 0 Å². The summed E-state index contributed by atoms with van der Waals surface area (Å²) >= 11 is 4.98. The highest BCUT2D eigenvalue weighted by Crippen LogP contribution is 2.06. The molecule has 0 spiro atoms. The second kappa shape index (κ2) is 18.9. The lowest BCUT2D eigenvalue weighted by Gasteiger charge is -2.25. The van der Waals surface area contributed by atoms with Crippen LogP contribution in [0.15, 0.2) is 0 Å². The smallest absolute Gasteiger partial charge is 0.243 e. The van der Waals surface area contributed by atoms with Crippen LogP contribution in [0.2, 0.25) is 0 Å². The number of thiocarbonyl (C=S) groups is 1. The number of nitrogens with two attached hydrogens (primary N) is 1. The number of rotatable bonds is 18. The normalized spacial score (nSPS) is 12.8. The minimum absolute atomic E-state index is 0.159. The van der Waals surface area contributed by atoms with Gasteiger partial charge in [0, 0.05) is 40.4 Å². The standard InChI is InChI=1S/C23H41N7O6S/c1-14(31)25-11-7-5-9-18(28-16(3)33)22(35)29-19(10-6-8-12-26-17(4)37)23(36)30-20(21(24)34)13-27-15(2)32/h18-20H,5-13H2,1-4H3,(H2,24,34)(H,25,31)(H,26,37)(H,27,32)(H,28,33)(H,29,35)(H,30,36)/t18-,19-,20-/m0/s1. The summed E-state index contributed by atoms with van der Waals surface area (Å²) in [6.07, 6.45) is 2.89. The maximum Gasteiger partial charge on any atom is 0.243 e. The van der Waals surface area contributed by atoms with Crippen LogP contribution in [0.25, 0.3) is 0 Å². The molecule has 13 nitrogen and oxygen atoms in total. The largest absolute Gasteiger partial charge is 0.380 e. The molecule has 0 aliphatic carbocycles. The molecule has 0 rings (SSSR count). The number of primary amides is 1. The first-order chi connectivity index (χ1) is 17.3. The van der Waals surface area contributed by atoms with Crippen molar-refractivity contribution in [2.24, 2.45) is 5.73 Å².